The quantitative estimate of drug-likeness (QED) is 0.876. The van der Waals surface area contributed by atoms with Crippen LogP contribution in [0.4, 0.5) is 4.39 Å². The summed E-state index contributed by atoms with van der Waals surface area (Å²) >= 11 is 0. The van der Waals surface area contributed by atoms with Crippen molar-refractivity contribution in [2.45, 2.75) is 6.54 Å². The Hall–Kier alpha value is -2.24. The number of carbonyl (C=O) groups excluding carboxylic acids is 1. The number of rotatable bonds is 6. The molecule has 0 bridgehead atoms. The standard InChI is InChI=1S/C20H24FN3O/c21-19-9-5-4-8-18(19)20(25)22-10-11-23-12-14-24(15-13-23)16-17-6-2-1-3-7-17/h1-9H,10-16H2,(H,22,25). The van der Waals surface area contributed by atoms with Crippen LogP contribution in [0.25, 0.3) is 0 Å². The van der Waals surface area contributed by atoms with Gasteiger partial charge in [0, 0.05) is 45.8 Å². The van der Waals surface area contributed by atoms with Crippen molar-refractivity contribution in [3.63, 3.8) is 0 Å². The van der Waals surface area contributed by atoms with Crippen molar-refractivity contribution in [1.29, 1.82) is 0 Å². The summed E-state index contributed by atoms with van der Waals surface area (Å²) in [4.78, 5) is 16.8. The first-order chi connectivity index (χ1) is 12.2. The molecule has 0 spiro atoms. The van der Waals surface area contributed by atoms with E-state index in [0.717, 1.165) is 39.3 Å². The number of nitrogens with zero attached hydrogens (tertiary/aromatic N) is 2. The van der Waals surface area contributed by atoms with Gasteiger partial charge >= 0.3 is 0 Å². The highest BCUT2D eigenvalue weighted by Gasteiger charge is 2.17. The Labute approximate surface area is 148 Å². The van der Waals surface area contributed by atoms with E-state index in [2.05, 4.69) is 39.4 Å². The molecule has 4 nitrogen and oxygen atoms in total. The molecule has 0 unspecified atom stereocenters. The average Bonchev–Trinajstić information content (AvgIpc) is 2.64. The van der Waals surface area contributed by atoms with E-state index >= 15 is 0 Å². The van der Waals surface area contributed by atoms with Crippen LogP contribution in [0.2, 0.25) is 0 Å². The molecular formula is C20H24FN3O. The van der Waals surface area contributed by atoms with Gasteiger partial charge in [-0.3, -0.25) is 14.6 Å². The second-order valence-corrected chi connectivity index (χ2v) is 6.34. The summed E-state index contributed by atoms with van der Waals surface area (Å²) in [6.45, 7) is 6.33. The summed E-state index contributed by atoms with van der Waals surface area (Å²) in [6, 6.07) is 16.6. The number of halogens is 1. The van der Waals surface area contributed by atoms with Crippen LogP contribution in [0.15, 0.2) is 54.6 Å². The molecule has 1 amide bonds. The van der Waals surface area contributed by atoms with Gasteiger partial charge in [0.05, 0.1) is 5.56 Å². The fourth-order valence-electron chi connectivity index (χ4n) is 3.08. The van der Waals surface area contributed by atoms with Gasteiger partial charge in [-0.2, -0.15) is 0 Å². The van der Waals surface area contributed by atoms with Gasteiger partial charge in [-0.1, -0.05) is 42.5 Å². The predicted molar refractivity (Wildman–Crippen MR) is 96.9 cm³/mol. The molecule has 0 atom stereocenters. The predicted octanol–water partition coefficient (Wildman–Crippen LogP) is 2.37. The van der Waals surface area contributed by atoms with Crippen molar-refractivity contribution in [2.24, 2.45) is 0 Å². The van der Waals surface area contributed by atoms with Crippen molar-refractivity contribution in [1.82, 2.24) is 15.1 Å². The smallest absolute Gasteiger partial charge is 0.254 e. The maximum Gasteiger partial charge on any atom is 0.254 e. The van der Waals surface area contributed by atoms with Gasteiger partial charge in [-0.25, -0.2) is 4.39 Å². The summed E-state index contributed by atoms with van der Waals surface area (Å²) in [5.74, 6) is -0.824. The molecule has 0 aliphatic carbocycles. The van der Waals surface area contributed by atoms with Crippen LogP contribution in [0.1, 0.15) is 15.9 Å². The second kappa shape index (κ2) is 8.74. The molecule has 1 saturated heterocycles. The van der Waals surface area contributed by atoms with Crippen LogP contribution >= 0.6 is 0 Å². The molecule has 1 aliphatic heterocycles. The highest BCUT2D eigenvalue weighted by molar-refractivity contribution is 5.94. The van der Waals surface area contributed by atoms with Gasteiger partial charge in [0.25, 0.3) is 5.91 Å². The molecule has 5 heteroatoms. The lowest BCUT2D eigenvalue weighted by Crippen LogP contribution is -2.48. The number of piperazine rings is 1. The van der Waals surface area contributed by atoms with E-state index in [1.807, 2.05) is 6.07 Å². The second-order valence-electron chi connectivity index (χ2n) is 6.34. The lowest BCUT2D eigenvalue weighted by atomic mass is 10.2. The molecule has 1 N–H and O–H groups in total. The van der Waals surface area contributed by atoms with E-state index in [9.17, 15) is 9.18 Å². The molecule has 1 fully saturated rings. The van der Waals surface area contributed by atoms with E-state index in [0.29, 0.717) is 6.54 Å². The van der Waals surface area contributed by atoms with Gasteiger partial charge in [0.1, 0.15) is 5.82 Å². The Morgan fingerprint density at radius 3 is 2.28 bits per heavy atom. The maximum absolute atomic E-state index is 13.6. The van der Waals surface area contributed by atoms with E-state index in [1.54, 1.807) is 12.1 Å². The van der Waals surface area contributed by atoms with Crippen molar-refractivity contribution >= 4 is 5.91 Å². The third kappa shape index (κ3) is 5.11. The zero-order valence-electron chi connectivity index (χ0n) is 14.3. The summed E-state index contributed by atoms with van der Waals surface area (Å²) in [7, 11) is 0. The topological polar surface area (TPSA) is 35.6 Å². The number of benzene rings is 2. The van der Waals surface area contributed by atoms with Crippen LogP contribution < -0.4 is 5.32 Å². The van der Waals surface area contributed by atoms with Crippen LogP contribution in [-0.2, 0) is 6.54 Å². The summed E-state index contributed by atoms with van der Waals surface area (Å²) in [5.41, 5.74) is 1.45. The van der Waals surface area contributed by atoms with E-state index in [-0.39, 0.29) is 11.5 Å². The third-order valence-electron chi connectivity index (χ3n) is 4.55. The van der Waals surface area contributed by atoms with E-state index in [1.165, 1.54) is 17.7 Å². The van der Waals surface area contributed by atoms with Crippen LogP contribution in [0.5, 0.6) is 0 Å². The zero-order chi connectivity index (χ0) is 17.5. The minimum atomic E-state index is -0.477. The van der Waals surface area contributed by atoms with Crippen LogP contribution in [0.3, 0.4) is 0 Å². The third-order valence-corrected chi connectivity index (χ3v) is 4.55. The van der Waals surface area contributed by atoms with Crippen LogP contribution in [0, 0.1) is 5.82 Å². The molecular weight excluding hydrogens is 317 g/mol. The number of hydrogen-bond acceptors (Lipinski definition) is 3. The van der Waals surface area contributed by atoms with Crippen molar-refractivity contribution in [3.05, 3.63) is 71.5 Å². The zero-order valence-corrected chi connectivity index (χ0v) is 14.3. The Morgan fingerprint density at radius 2 is 1.56 bits per heavy atom. The highest BCUT2D eigenvalue weighted by Crippen LogP contribution is 2.08. The molecule has 2 aromatic rings. The molecule has 1 aliphatic rings. The molecule has 3 rings (SSSR count). The van der Waals surface area contributed by atoms with E-state index in [4.69, 9.17) is 0 Å². The largest absolute Gasteiger partial charge is 0.351 e. The Balaban J connectivity index is 1.37. The van der Waals surface area contributed by atoms with Gasteiger partial charge in [-0.05, 0) is 17.7 Å². The SMILES string of the molecule is O=C(NCCN1CCN(Cc2ccccc2)CC1)c1ccccc1F. The maximum atomic E-state index is 13.6. The first kappa shape index (κ1) is 17.6. The first-order valence-corrected chi connectivity index (χ1v) is 8.74. The molecule has 2 aromatic carbocycles. The molecule has 25 heavy (non-hydrogen) atoms. The first-order valence-electron chi connectivity index (χ1n) is 8.74. The minimum absolute atomic E-state index is 0.107. The molecule has 0 radical (unpaired) electrons. The van der Waals surface area contributed by atoms with Crippen LogP contribution in [-0.4, -0.2) is 55.0 Å². The minimum Gasteiger partial charge on any atom is -0.351 e. The molecule has 1 heterocycles. The van der Waals surface area contributed by atoms with Gasteiger partial charge in [0.2, 0.25) is 0 Å². The normalized spacial score (nSPS) is 15.9. The number of carbonyl (C=O) groups is 1. The number of hydrogen-bond donors (Lipinski definition) is 1. The summed E-state index contributed by atoms with van der Waals surface area (Å²) in [5, 5.41) is 2.80. The fraction of sp³-hybridized carbons (Fsp3) is 0.350. The van der Waals surface area contributed by atoms with Gasteiger partial charge in [-0.15, -0.1) is 0 Å². The Bertz CT molecular complexity index is 684. The highest BCUT2D eigenvalue weighted by atomic mass is 19.1. The molecule has 0 saturated carbocycles. The molecule has 0 aromatic heterocycles. The molecule has 132 valence electrons. The summed E-state index contributed by atoms with van der Waals surface area (Å²) < 4.78 is 13.6. The average molecular weight is 341 g/mol. The summed E-state index contributed by atoms with van der Waals surface area (Å²) in [6.07, 6.45) is 0. The Morgan fingerprint density at radius 1 is 0.920 bits per heavy atom. The number of nitrogens with one attached hydrogen (secondary N) is 1. The van der Waals surface area contributed by atoms with Gasteiger partial charge in [0.15, 0.2) is 0 Å². The Kier molecular flexibility index (Phi) is 6.14. The van der Waals surface area contributed by atoms with Gasteiger partial charge < -0.3 is 5.32 Å². The fourth-order valence-corrected chi connectivity index (χ4v) is 3.08. The van der Waals surface area contributed by atoms with Crippen molar-refractivity contribution in [3.8, 4) is 0 Å². The number of amides is 1. The monoisotopic (exact) mass is 341 g/mol. The van der Waals surface area contributed by atoms with Crippen molar-refractivity contribution in [2.75, 3.05) is 39.3 Å². The lowest BCUT2D eigenvalue weighted by Gasteiger charge is -2.34. The lowest BCUT2D eigenvalue weighted by molar-refractivity contribution is 0.0930. The van der Waals surface area contributed by atoms with E-state index < -0.39 is 5.82 Å². The van der Waals surface area contributed by atoms with Crippen molar-refractivity contribution < 1.29 is 9.18 Å².